The predicted molar refractivity (Wildman–Crippen MR) is 59.9 cm³/mol. The van der Waals surface area contributed by atoms with E-state index in [0.717, 1.165) is 0 Å². The van der Waals surface area contributed by atoms with E-state index in [1.807, 2.05) is 13.8 Å². The molecule has 0 saturated heterocycles. The molecule has 0 rings (SSSR count). The van der Waals surface area contributed by atoms with Crippen LogP contribution in [0.15, 0.2) is 12.3 Å². The van der Waals surface area contributed by atoms with Crippen molar-refractivity contribution in [2.75, 3.05) is 19.7 Å². The molecule has 5 nitrogen and oxygen atoms in total. The van der Waals surface area contributed by atoms with Crippen molar-refractivity contribution in [1.82, 2.24) is 4.90 Å². The van der Waals surface area contributed by atoms with Gasteiger partial charge in [-0.2, -0.15) is 0 Å². The zero-order valence-electron chi connectivity index (χ0n) is 9.86. The van der Waals surface area contributed by atoms with Gasteiger partial charge in [-0.15, -0.1) is 0 Å². The summed E-state index contributed by atoms with van der Waals surface area (Å²) in [5.41, 5.74) is 0. The SMILES string of the molecule is C=C(CCC(=O)O)OCC(=O)N(CC)CC. The van der Waals surface area contributed by atoms with Crippen LogP contribution in [0.25, 0.3) is 0 Å². The van der Waals surface area contributed by atoms with Gasteiger partial charge in [-0.25, -0.2) is 0 Å². The molecule has 0 aliphatic heterocycles. The molecule has 92 valence electrons. The van der Waals surface area contributed by atoms with Crippen molar-refractivity contribution in [3.8, 4) is 0 Å². The van der Waals surface area contributed by atoms with Crippen LogP contribution in [-0.2, 0) is 14.3 Å². The highest BCUT2D eigenvalue weighted by molar-refractivity contribution is 5.77. The van der Waals surface area contributed by atoms with E-state index in [0.29, 0.717) is 18.8 Å². The van der Waals surface area contributed by atoms with E-state index in [9.17, 15) is 9.59 Å². The van der Waals surface area contributed by atoms with Crippen molar-refractivity contribution < 1.29 is 19.4 Å². The molecule has 0 aliphatic carbocycles. The number of nitrogens with zero attached hydrogens (tertiary/aromatic N) is 1. The summed E-state index contributed by atoms with van der Waals surface area (Å²) in [7, 11) is 0. The van der Waals surface area contributed by atoms with Gasteiger partial charge in [0.25, 0.3) is 5.91 Å². The fraction of sp³-hybridized carbons (Fsp3) is 0.636. The molecule has 16 heavy (non-hydrogen) atoms. The highest BCUT2D eigenvalue weighted by Crippen LogP contribution is 2.04. The van der Waals surface area contributed by atoms with E-state index in [2.05, 4.69) is 6.58 Å². The van der Waals surface area contributed by atoms with E-state index in [-0.39, 0.29) is 25.4 Å². The van der Waals surface area contributed by atoms with Gasteiger partial charge in [0.1, 0.15) is 0 Å². The summed E-state index contributed by atoms with van der Waals surface area (Å²) in [5, 5.41) is 8.43. The van der Waals surface area contributed by atoms with Crippen molar-refractivity contribution in [2.24, 2.45) is 0 Å². The Labute approximate surface area is 95.7 Å². The van der Waals surface area contributed by atoms with Crippen LogP contribution in [0.2, 0.25) is 0 Å². The third-order valence-corrected chi connectivity index (χ3v) is 2.13. The molecule has 0 aromatic rings. The highest BCUT2D eigenvalue weighted by Gasteiger charge is 2.10. The van der Waals surface area contributed by atoms with E-state index in [4.69, 9.17) is 9.84 Å². The number of rotatable bonds is 8. The molecule has 0 aromatic carbocycles. The lowest BCUT2D eigenvalue weighted by molar-refractivity contribution is -0.137. The van der Waals surface area contributed by atoms with Crippen LogP contribution >= 0.6 is 0 Å². The topological polar surface area (TPSA) is 66.8 Å². The summed E-state index contributed by atoms with van der Waals surface area (Å²) in [6.45, 7) is 8.54. The Morgan fingerprint density at radius 3 is 2.25 bits per heavy atom. The first-order valence-electron chi connectivity index (χ1n) is 5.31. The average molecular weight is 229 g/mol. The molecule has 0 aliphatic rings. The third kappa shape index (κ3) is 6.06. The van der Waals surface area contributed by atoms with Crippen molar-refractivity contribution in [3.05, 3.63) is 12.3 Å². The molecule has 0 bridgehead atoms. The number of allylic oxidation sites excluding steroid dienone is 1. The van der Waals surface area contributed by atoms with Gasteiger partial charge in [-0.3, -0.25) is 9.59 Å². The number of likely N-dealkylation sites (N-methyl/N-ethyl adjacent to an activating group) is 1. The molecule has 1 N–H and O–H groups in total. The zero-order chi connectivity index (χ0) is 12.6. The second-order valence-electron chi connectivity index (χ2n) is 3.29. The van der Waals surface area contributed by atoms with E-state index >= 15 is 0 Å². The molecule has 0 saturated carbocycles. The number of hydrogen-bond acceptors (Lipinski definition) is 3. The normalized spacial score (nSPS) is 9.62. The van der Waals surface area contributed by atoms with Gasteiger partial charge in [-0.05, 0) is 13.8 Å². The Hall–Kier alpha value is -1.52. The Bertz CT molecular complexity index is 259. The lowest BCUT2D eigenvalue weighted by Gasteiger charge is -2.19. The molecule has 0 fully saturated rings. The standard InChI is InChI=1S/C11H19NO4/c1-4-12(5-2)10(13)8-16-9(3)6-7-11(14)15/h3-8H2,1-2H3,(H,14,15). The minimum absolute atomic E-state index is 0.0295. The minimum atomic E-state index is -0.903. The van der Waals surface area contributed by atoms with Gasteiger partial charge in [0, 0.05) is 19.5 Å². The van der Waals surface area contributed by atoms with Gasteiger partial charge < -0.3 is 14.7 Å². The maximum absolute atomic E-state index is 11.5. The van der Waals surface area contributed by atoms with Gasteiger partial charge >= 0.3 is 5.97 Å². The first kappa shape index (κ1) is 14.5. The quantitative estimate of drug-likeness (QED) is 0.636. The predicted octanol–water partition coefficient (Wildman–Crippen LogP) is 1.25. The summed E-state index contributed by atoms with van der Waals surface area (Å²) in [4.78, 5) is 23.4. The second-order valence-corrected chi connectivity index (χ2v) is 3.29. The summed E-state index contributed by atoms with van der Waals surface area (Å²) >= 11 is 0. The van der Waals surface area contributed by atoms with Gasteiger partial charge in [0.15, 0.2) is 6.61 Å². The molecule has 0 radical (unpaired) electrons. The van der Waals surface area contributed by atoms with Gasteiger partial charge in [0.05, 0.1) is 12.2 Å². The number of ether oxygens (including phenoxy) is 1. The average Bonchev–Trinajstić information content (AvgIpc) is 2.25. The highest BCUT2D eigenvalue weighted by atomic mass is 16.5. The lowest BCUT2D eigenvalue weighted by Crippen LogP contribution is -2.33. The fourth-order valence-electron chi connectivity index (χ4n) is 1.15. The third-order valence-electron chi connectivity index (χ3n) is 2.13. The summed E-state index contributed by atoms with van der Waals surface area (Å²) in [6.07, 6.45) is 0.207. The number of carboxylic acids is 1. The molecular formula is C11H19NO4. The molecule has 0 heterocycles. The fourth-order valence-corrected chi connectivity index (χ4v) is 1.15. The molecule has 0 atom stereocenters. The van der Waals surface area contributed by atoms with Crippen molar-refractivity contribution >= 4 is 11.9 Å². The van der Waals surface area contributed by atoms with Crippen LogP contribution in [0.4, 0.5) is 0 Å². The van der Waals surface area contributed by atoms with Crippen molar-refractivity contribution in [3.63, 3.8) is 0 Å². The molecular weight excluding hydrogens is 210 g/mol. The largest absolute Gasteiger partial charge is 0.489 e. The number of amides is 1. The smallest absolute Gasteiger partial charge is 0.303 e. The Morgan fingerprint density at radius 1 is 1.25 bits per heavy atom. The lowest BCUT2D eigenvalue weighted by atomic mass is 10.3. The number of carbonyl (C=O) groups is 2. The molecule has 0 spiro atoms. The monoisotopic (exact) mass is 229 g/mol. The number of hydrogen-bond donors (Lipinski definition) is 1. The first-order valence-corrected chi connectivity index (χ1v) is 5.31. The summed E-state index contributed by atoms with van der Waals surface area (Å²) in [6, 6.07) is 0. The zero-order valence-corrected chi connectivity index (χ0v) is 9.86. The van der Waals surface area contributed by atoms with Crippen LogP contribution in [0.1, 0.15) is 26.7 Å². The van der Waals surface area contributed by atoms with E-state index in [1.54, 1.807) is 4.90 Å². The summed E-state index contributed by atoms with van der Waals surface area (Å²) < 4.78 is 5.09. The van der Waals surface area contributed by atoms with Crippen LogP contribution in [0, 0.1) is 0 Å². The second kappa shape index (κ2) is 7.73. The van der Waals surface area contributed by atoms with Crippen LogP contribution in [-0.4, -0.2) is 41.6 Å². The molecule has 0 unspecified atom stereocenters. The molecule has 1 amide bonds. The van der Waals surface area contributed by atoms with Crippen molar-refractivity contribution in [1.29, 1.82) is 0 Å². The molecule has 5 heteroatoms. The van der Waals surface area contributed by atoms with Gasteiger partial charge in [0.2, 0.25) is 0 Å². The maximum atomic E-state index is 11.5. The van der Waals surface area contributed by atoms with E-state index in [1.165, 1.54) is 0 Å². The maximum Gasteiger partial charge on any atom is 0.303 e. The van der Waals surface area contributed by atoms with Gasteiger partial charge in [-0.1, -0.05) is 6.58 Å². The Morgan fingerprint density at radius 2 is 1.81 bits per heavy atom. The Balaban J connectivity index is 3.82. The number of aliphatic carboxylic acids is 1. The minimum Gasteiger partial charge on any atom is -0.489 e. The van der Waals surface area contributed by atoms with Crippen LogP contribution < -0.4 is 0 Å². The van der Waals surface area contributed by atoms with Crippen LogP contribution in [0.3, 0.4) is 0 Å². The van der Waals surface area contributed by atoms with Crippen molar-refractivity contribution in [2.45, 2.75) is 26.7 Å². The summed E-state index contributed by atoms with van der Waals surface area (Å²) in [5.74, 6) is -0.677. The first-order chi connectivity index (χ1) is 7.51. The van der Waals surface area contributed by atoms with E-state index < -0.39 is 5.97 Å². The Kier molecular flexibility index (Phi) is 7.00. The number of carbonyl (C=O) groups excluding carboxylic acids is 1. The molecule has 0 aromatic heterocycles. The number of carboxylic acid groups (broad SMARTS) is 1. The van der Waals surface area contributed by atoms with Crippen LogP contribution in [0.5, 0.6) is 0 Å².